The van der Waals surface area contributed by atoms with Crippen molar-refractivity contribution in [3.63, 3.8) is 0 Å². The van der Waals surface area contributed by atoms with Crippen molar-refractivity contribution in [2.45, 2.75) is 26.8 Å². The van der Waals surface area contributed by atoms with Crippen molar-refractivity contribution >= 4 is 6.41 Å². The van der Waals surface area contributed by atoms with Gasteiger partial charge in [0.1, 0.15) is 0 Å². The van der Waals surface area contributed by atoms with Gasteiger partial charge < -0.3 is 10.2 Å². The van der Waals surface area contributed by atoms with Gasteiger partial charge in [-0.25, -0.2) is 0 Å². The second-order valence-electron chi connectivity index (χ2n) is 2.78. The van der Waals surface area contributed by atoms with Crippen LogP contribution in [0.4, 0.5) is 0 Å². The molecule has 0 aromatic heterocycles. The summed E-state index contributed by atoms with van der Waals surface area (Å²) in [4.78, 5) is 10.9. The predicted octanol–water partition coefficient (Wildman–Crippen LogP) is 0.709. The maximum absolute atomic E-state index is 9.43. The number of nitrogens with one attached hydrogen (secondary N) is 1. The molecule has 0 saturated heterocycles. The Balaban J connectivity index is 0. The molecule has 0 heterocycles. The van der Waals surface area contributed by atoms with Gasteiger partial charge in [-0.2, -0.15) is 0 Å². The highest BCUT2D eigenvalue weighted by Gasteiger charge is 1.82. The van der Waals surface area contributed by atoms with Gasteiger partial charge in [0, 0.05) is 20.1 Å². The summed E-state index contributed by atoms with van der Waals surface area (Å²) >= 11 is 0. The summed E-state index contributed by atoms with van der Waals surface area (Å²) in [6, 6.07) is 0.648. The molecular formula is C8H20N2O. The fraction of sp³-hybridized carbons (Fsp3) is 0.875. The predicted molar refractivity (Wildman–Crippen MR) is 48.6 cm³/mol. The van der Waals surface area contributed by atoms with Crippen molar-refractivity contribution in [1.82, 2.24) is 10.2 Å². The van der Waals surface area contributed by atoms with Crippen LogP contribution in [0.3, 0.4) is 0 Å². The highest BCUT2D eigenvalue weighted by molar-refractivity contribution is 5.45. The molecule has 0 spiro atoms. The van der Waals surface area contributed by atoms with E-state index in [-0.39, 0.29) is 0 Å². The summed E-state index contributed by atoms with van der Waals surface area (Å²) < 4.78 is 0. The summed E-state index contributed by atoms with van der Waals surface area (Å²) in [6.45, 7) is 7.48. The van der Waals surface area contributed by atoms with Gasteiger partial charge in [0.15, 0.2) is 0 Å². The van der Waals surface area contributed by atoms with Gasteiger partial charge in [-0.3, -0.25) is 4.79 Å². The van der Waals surface area contributed by atoms with Crippen LogP contribution in [-0.4, -0.2) is 38.0 Å². The fourth-order valence-electron chi connectivity index (χ4n) is 0.408. The van der Waals surface area contributed by atoms with E-state index in [4.69, 9.17) is 0 Å². The van der Waals surface area contributed by atoms with E-state index in [1.165, 1.54) is 4.90 Å². The topological polar surface area (TPSA) is 32.3 Å². The van der Waals surface area contributed by atoms with Crippen LogP contribution in [0, 0.1) is 0 Å². The molecule has 3 heteroatoms. The minimum Gasteiger partial charge on any atom is -0.351 e. The van der Waals surface area contributed by atoms with Crippen LogP contribution in [0.2, 0.25) is 0 Å². The Labute approximate surface area is 69.8 Å². The molecule has 0 aliphatic heterocycles. The standard InChI is InChI=1S/C5H13N.C3H7NO/c1-4-6-5(2)3;1-4(2)3-5/h5-6H,4H2,1-3H3;3H,1-2H3. The molecule has 0 fully saturated rings. The maximum Gasteiger partial charge on any atom is 0.209 e. The Morgan fingerprint density at radius 3 is 1.82 bits per heavy atom. The zero-order valence-electron chi connectivity index (χ0n) is 8.22. The normalized spacial score (nSPS) is 8.55. The molecule has 68 valence electrons. The van der Waals surface area contributed by atoms with Crippen molar-refractivity contribution in [2.24, 2.45) is 0 Å². The van der Waals surface area contributed by atoms with Crippen molar-refractivity contribution in [3.8, 4) is 0 Å². The van der Waals surface area contributed by atoms with E-state index in [1.54, 1.807) is 14.1 Å². The van der Waals surface area contributed by atoms with Gasteiger partial charge >= 0.3 is 0 Å². The number of amides is 1. The van der Waals surface area contributed by atoms with E-state index in [1.807, 2.05) is 0 Å². The summed E-state index contributed by atoms with van der Waals surface area (Å²) in [5, 5.41) is 3.21. The van der Waals surface area contributed by atoms with Crippen LogP contribution in [0.15, 0.2) is 0 Å². The zero-order valence-corrected chi connectivity index (χ0v) is 8.22. The Morgan fingerprint density at radius 1 is 1.45 bits per heavy atom. The van der Waals surface area contributed by atoms with E-state index >= 15 is 0 Å². The fourth-order valence-corrected chi connectivity index (χ4v) is 0.408. The van der Waals surface area contributed by atoms with Crippen LogP contribution >= 0.6 is 0 Å². The number of nitrogens with zero attached hydrogens (tertiary/aromatic N) is 1. The molecule has 0 saturated carbocycles. The third-order valence-corrected chi connectivity index (χ3v) is 0.823. The van der Waals surface area contributed by atoms with Gasteiger partial charge in [-0.15, -0.1) is 0 Å². The Bertz CT molecular complexity index is 82.2. The molecule has 0 unspecified atom stereocenters. The Hall–Kier alpha value is -0.570. The highest BCUT2D eigenvalue weighted by Crippen LogP contribution is 1.70. The monoisotopic (exact) mass is 160 g/mol. The molecule has 0 aliphatic carbocycles. The Kier molecular flexibility index (Phi) is 11.2. The molecule has 0 aromatic carbocycles. The van der Waals surface area contributed by atoms with E-state index in [2.05, 4.69) is 26.1 Å². The van der Waals surface area contributed by atoms with Crippen molar-refractivity contribution in [2.75, 3.05) is 20.6 Å². The number of hydrogen-bond acceptors (Lipinski definition) is 2. The minimum absolute atomic E-state index is 0.648. The molecule has 11 heavy (non-hydrogen) atoms. The first-order valence-electron chi connectivity index (χ1n) is 3.89. The quantitative estimate of drug-likeness (QED) is 0.617. The molecular weight excluding hydrogens is 140 g/mol. The van der Waals surface area contributed by atoms with E-state index < -0.39 is 0 Å². The summed E-state index contributed by atoms with van der Waals surface area (Å²) in [6.07, 6.45) is 0.750. The summed E-state index contributed by atoms with van der Waals surface area (Å²) in [5.41, 5.74) is 0. The molecule has 0 atom stereocenters. The third-order valence-electron chi connectivity index (χ3n) is 0.823. The van der Waals surface area contributed by atoms with Gasteiger partial charge in [0.25, 0.3) is 0 Å². The largest absolute Gasteiger partial charge is 0.351 e. The first-order chi connectivity index (χ1) is 5.04. The van der Waals surface area contributed by atoms with E-state index in [0.29, 0.717) is 6.04 Å². The molecule has 1 N–H and O–H groups in total. The van der Waals surface area contributed by atoms with Crippen LogP contribution in [0.25, 0.3) is 0 Å². The maximum atomic E-state index is 9.43. The van der Waals surface area contributed by atoms with Crippen molar-refractivity contribution < 1.29 is 4.79 Å². The Morgan fingerprint density at radius 2 is 1.82 bits per heavy atom. The highest BCUT2D eigenvalue weighted by atomic mass is 16.1. The van der Waals surface area contributed by atoms with Crippen LogP contribution in [-0.2, 0) is 4.79 Å². The summed E-state index contributed by atoms with van der Waals surface area (Å²) in [5.74, 6) is 0. The van der Waals surface area contributed by atoms with Gasteiger partial charge in [0.05, 0.1) is 0 Å². The lowest BCUT2D eigenvalue weighted by atomic mass is 10.4. The first-order valence-corrected chi connectivity index (χ1v) is 3.89. The first kappa shape index (κ1) is 13.1. The SMILES string of the molecule is CCNC(C)C.CN(C)C=O. The lowest BCUT2D eigenvalue weighted by Crippen LogP contribution is -2.21. The second-order valence-corrected chi connectivity index (χ2v) is 2.78. The molecule has 0 radical (unpaired) electrons. The molecule has 0 bridgehead atoms. The van der Waals surface area contributed by atoms with Gasteiger partial charge in [0.2, 0.25) is 6.41 Å². The van der Waals surface area contributed by atoms with Gasteiger partial charge in [-0.05, 0) is 6.54 Å². The van der Waals surface area contributed by atoms with E-state index in [0.717, 1.165) is 13.0 Å². The zero-order chi connectivity index (χ0) is 9.28. The van der Waals surface area contributed by atoms with Crippen LogP contribution in [0.1, 0.15) is 20.8 Å². The van der Waals surface area contributed by atoms with Gasteiger partial charge in [-0.1, -0.05) is 20.8 Å². The molecule has 3 nitrogen and oxygen atoms in total. The number of rotatable bonds is 3. The third kappa shape index (κ3) is 26.5. The average molecular weight is 160 g/mol. The number of carbonyl (C=O) groups excluding carboxylic acids is 1. The summed E-state index contributed by atoms with van der Waals surface area (Å²) in [7, 11) is 3.38. The molecule has 0 aromatic rings. The molecule has 0 aliphatic rings. The van der Waals surface area contributed by atoms with Crippen molar-refractivity contribution in [1.29, 1.82) is 0 Å². The molecule has 0 rings (SSSR count). The van der Waals surface area contributed by atoms with Crippen molar-refractivity contribution in [3.05, 3.63) is 0 Å². The molecule has 1 amide bonds. The van der Waals surface area contributed by atoms with E-state index in [9.17, 15) is 4.79 Å². The van der Waals surface area contributed by atoms with Crippen LogP contribution in [0.5, 0.6) is 0 Å². The number of hydrogen-bond donors (Lipinski definition) is 1. The van der Waals surface area contributed by atoms with Crippen LogP contribution < -0.4 is 5.32 Å². The lowest BCUT2D eigenvalue weighted by Gasteiger charge is -2.00. The second kappa shape index (κ2) is 9.43. The number of carbonyl (C=O) groups is 1. The lowest BCUT2D eigenvalue weighted by molar-refractivity contribution is -0.115. The average Bonchev–Trinajstić information content (AvgIpc) is 1.89. The minimum atomic E-state index is 0.648. The smallest absolute Gasteiger partial charge is 0.209 e.